The molecule has 0 N–H and O–H groups in total. The number of hydrogen-bond acceptors (Lipinski definition) is 2. The van der Waals surface area contributed by atoms with Crippen molar-refractivity contribution in [2.45, 2.75) is 45.8 Å². The maximum atomic E-state index is 14.0. The van der Waals surface area contributed by atoms with E-state index in [1.54, 1.807) is 6.07 Å². The van der Waals surface area contributed by atoms with Gasteiger partial charge in [-0.05, 0) is 68.6 Å². The topological polar surface area (TPSA) is 18.5 Å². The standard InChI is InChI=1S/C17H20BFO2/c1-11-7-6-8-12-9-13(19)10-14(15(11)12)18-20-16(2,3)17(4,5)21-18/h6-10H,1-5H3. The van der Waals surface area contributed by atoms with Crippen LogP contribution in [0.25, 0.3) is 10.8 Å². The van der Waals surface area contributed by atoms with Gasteiger partial charge in [0.2, 0.25) is 0 Å². The van der Waals surface area contributed by atoms with E-state index in [1.165, 1.54) is 6.07 Å². The van der Waals surface area contributed by atoms with E-state index in [-0.39, 0.29) is 5.82 Å². The molecule has 1 aliphatic heterocycles. The number of halogens is 1. The highest BCUT2D eigenvalue weighted by Gasteiger charge is 2.52. The first-order chi connectivity index (χ1) is 9.71. The van der Waals surface area contributed by atoms with Crippen molar-refractivity contribution >= 4 is 23.4 Å². The van der Waals surface area contributed by atoms with Gasteiger partial charge in [-0.15, -0.1) is 0 Å². The van der Waals surface area contributed by atoms with Crippen LogP contribution in [0, 0.1) is 12.7 Å². The summed E-state index contributed by atoms with van der Waals surface area (Å²) >= 11 is 0. The van der Waals surface area contributed by atoms with E-state index < -0.39 is 18.3 Å². The summed E-state index contributed by atoms with van der Waals surface area (Å²) in [4.78, 5) is 0. The number of hydrogen-bond donors (Lipinski definition) is 0. The van der Waals surface area contributed by atoms with Crippen molar-refractivity contribution in [1.82, 2.24) is 0 Å². The summed E-state index contributed by atoms with van der Waals surface area (Å²) in [7, 11) is -0.547. The molecule has 1 heterocycles. The van der Waals surface area contributed by atoms with Crippen LogP contribution >= 0.6 is 0 Å². The van der Waals surface area contributed by atoms with Gasteiger partial charge in [-0.2, -0.15) is 0 Å². The number of benzene rings is 2. The Bertz CT molecular complexity index is 693. The lowest BCUT2D eigenvalue weighted by molar-refractivity contribution is 0.00578. The predicted molar refractivity (Wildman–Crippen MR) is 84.4 cm³/mol. The van der Waals surface area contributed by atoms with E-state index in [9.17, 15) is 4.39 Å². The second kappa shape index (κ2) is 4.55. The molecule has 2 aromatic rings. The summed E-state index contributed by atoms with van der Waals surface area (Å²) in [5, 5.41) is 1.89. The second-order valence-electron chi connectivity index (χ2n) is 6.76. The maximum absolute atomic E-state index is 14.0. The molecule has 0 atom stereocenters. The van der Waals surface area contributed by atoms with Crippen molar-refractivity contribution in [3.05, 3.63) is 41.7 Å². The fraction of sp³-hybridized carbons (Fsp3) is 0.412. The summed E-state index contributed by atoms with van der Waals surface area (Å²) in [5.74, 6) is -0.266. The average Bonchev–Trinajstić information content (AvgIpc) is 2.57. The Balaban J connectivity index is 2.18. The molecular weight excluding hydrogens is 266 g/mol. The number of rotatable bonds is 1. The molecule has 0 saturated carbocycles. The third kappa shape index (κ3) is 2.27. The van der Waals surface area contributed by atoms with Gasteiger partial charge in [-0.25, -0.2) is 4.39 Å². The van der Waals surface area contributed by atoms with E-state index in [0.29, 0.717) is 0 Å². The summed E-state index contributed by atoms with van der Waals surface area (Å²) in [6.45, 7) is 10.0. The molecule has 1 fully saturated rings. The largest absolute Gasteiger partial charge is 0.495 e. The van der Waals surface area contributed by atoms with Gasteiger partial charge in [-0.1, -0.05) is 18.2 Å². The molecule has 0 spiro atoms. The van der Waals surface area contributed by atoms with Gasteiger partial charge in [0.25, 0.3) is 0 Å². The van der Waals surface area contributed by atoms with Crippen molar-refractivity contribution in [1.29, 1.82) is 0 Å². The molecule has 0 unspecified atom stereocenters. The third-order valence-electron chi connectivity index (χ3n) is 4.69. The Morgan fingerprint density at radius 1 is 1.00 bits per heavy atom. The van der Waals surface area contributed by atoms with E-state index in [1.807, 2.05) is 52.8 Å². The Morgan fingerprint density at radius 2 is 1.62 bits per heavy atom. The van der Waals surface area contributed by atoms with Gasteiger partial charge >= 0.3 is 7.12 Å². The number of aryl methyl sites for hydroxylation is 1. The monoisotopic (exact) mass is 286 g/mol. The SMILES string of the molecule is Cc1cccc2cc(F)cc(B3OC(C)(C)C(C)(C)O3)c12. The minimum absolute atomic E-state index is 0.266. The van der Waals surface area contributed by atoms with Gasteiger partial charge < -0.3 is 9.31 Å². The van der Waals surface area contributed by atoms with Crippen LogP contribution in [0.3, 0.4) is 0 Å². The molecule has 110 valence electrons. The smallest absolute Gasteiger partial charge is 0.399 e. The third-order valence-corrected chi connectivity index (χ3v) is 4.69. The molecule has 0 bridgehead atoms. The fourth-order valence-electron chi connectivity index (χ4n) is 2.77. The van der Waals surface area contributed by atoms with Crippen molar-refractivity contribution < 1.29 is 13.7 Å². The highest BCUT2D eigenvalue weighted by Crippen LogP contribution is 2.37. The van der Waals surface area contributed by atoms with Crippen LogP contribution in [0.2, 0.25) is 0 Å². The van der Waals surface area contributed by atoms with Gasteiger partial charge in [0, 0.05) is 0 Å². The predicted octanol–water partition coefficient (Wildman–Crippen LogP) is 3.59. The summed E-state index contributed by atoms with van der Waals surface area (Å²) in [6, 6.07) is 8.95. The van der Waals surface area contributed by atoms with Crippen molar-refractivity contribution in [3.63, 3.8) is 0 Å². The van der Waals surface area contributed by atoms with Gasteiger partial charge in [-0.3, -0.25) is 0 Å². The highest BCUT2D eigenvalue weighted by atomic mass is 19.1. The zero-order valence-electron chi connectivity index (χ0n) is 13.2. The van der Waals surface area contributed by atoms with Crippen molar-refractivity contribution in [2.75, 3.05) is 0 Å². The minimum Gasteiger partial charge on any atom is -0.399 e. The van der Waals surface area contributed by atoms with E-state index in [0.717, 1.165) is 21.8 Å². The summed E-state index contributed by atoms with van der Waals surface area (Å²) in [5.41, 5.74) is 0.997. The van der Waals surface area contributed by atoms with Gasteiger partial charge in [0.15, 0.2) is 0 Å². The van der Waals surface area contributed by atoms with Crippen LogP contribution in [0.1, 0.15) is 33.3 Å². The zero-order valence-corrected chi connectivity index (χ0v) is 13.2. The summed E-state index contributed by atoms with van der Waals surface area (Å²) in [6.07, 6.45) is 0. The molecule has 4 heteroatoms. The molecule has 2 aromatic carbocycles. The lowest BCUT2D eigenvalue weighted by Gasteiger charge is -2.32. The van der Waals surface area contributed by atoms with Crippen LogP contribution in [0.4, 0.5) is 4.39 Å². The first kappa shape index (κ1) is 14.5. The van der Waals surface area contributed by atoms with Gasteiger partial charge in [0.05, 0.1) is 11.2 Å². The molecule has 21 heavy (non-hydrogen) atoms. The van der Waals surface area contributed by atoms with Crippen LogP contribution in [0.5, 0.6) is 0 Å². The Kier molecular flexibility index (Phi) is 3.15. The highest BCUT2D eigenvalue weighted by molar-refractivity contribution is 6.65. The van der Waals surface area contributed by atoms with Crippen LogP contribution in [-0.4, -0.2) is 18.3 Å². The molecule has 0 aromatic heterocycles. The molecule has 0 radical (unpaired) electrons. The van der Waals surface area contributed by atoms with E-state index in [4.69, 9.17) is 9.31 Å². The molecule has 0 amide bonds. The van der Waals surface area contributed by atoms with E-state index in [2.05, 4.69) is 0 Å². The van der Waals surface area contributed by atoms with Crippen molar-refractivity contribution in [2.24, 2.45) is 0 Å². The maximum Gasteiger partial charge on any atom is 0.495 e. The second-order valence-corrected chi connectivity index (χ2v) is 6.76. The molecular formula is C17H20BFO2. The lowest BCUT2D eigenvalue weighted by atomic mass is 9.75. The lowest BCUT2D eigenvalue weighted by Crippen LogP contribution is -2.41. The van der Waals surface area contributed by atoms with Crippen LogP contribution in [0.15, 0.2) is 30.3 Å². The van der Waals surface area contributed by atoms with E-state index >= 15 is 0 Å². The molecule has 3 rings (SSSR count). The quantitative estimate of drug-likeness (QED) is 0.746. The molecule has 1 aliphatic rings. The van der Waals surface area contributed by atoms with Gasteiger partial charge in [0.1, 0.15) is 5.82 Å². The Morgan fingerprint density at radius 3 is 2.24 bits per heavy atom. The molecule has 2 nitrogen and oxygen atoms in total. The Hall–Kier alpha value is -1.39. The number of fused-ring (bicyclic) bond motifs is 1. The first-order valence-electron chi connectivity index (χ1n) is 7.26. The van der Waals surface area contributed by atoms with Crippen LogP contribution in [-0.2, 0) is 9.31 Å². The first-order valence-corrected chi connectivity index (χ1v) is 7.26. The Labute approximate surface area is 125 Å². The molecule has 1 saturated heterocycles. The zero-order chi connectivity index (χ0) is 15.4. The molecule has 0 aliphatic carbocycles. The normalized spacial score (nSPS) is 20.2. The summed E-state index contributed by atoms with van der Waals surface area (Å²) < 4.78 is 26.1. The minimum atomic E-state index is -0.547. The fourth-order valence-corrected chi connectivity index (χ4v) is 2.77. The van der Waals surface area contributed by atoms with Crippen molar-refractivity contribution in [3.8, 4) is 0 Å². The van der Waals surface area contributed by atoms with Crippen LogP contribution < -0.4 is 5.46 Å². The average molecular weight is 286 g/mol.